The molecule has 0 bridgehead atoms. The zero-order valence-corrected chi connectivity index (χ0v) is 8.13. The lowest BCUT2D eigenvalue weighted by molar-refractivity contribution is -0.123. The average Bonchev–Trinajstić information content (AvgIpc) is 2.09. The van der Waals surface area contributed by atoms with E-state index < -0.39 is 0 Å². The van der Waals surface area contributed by atoms with Crippen molar-refractivity contribution in [2.75, 3.05) is 0 Å². The summed E-state index contributed by atoms with van der Waals surface area (Å²) in [5.41, 5.74) is 0. The van der Waals surface area contributed by atoms with E-state index in [1.807, 2.05) is 13.8 Å². The smallest absolute Gasteiger partial charge is 0.220 e. The largest absolute Gasteiger partial charge is 0.352 e. The molecule has 1 fully saturated rings. The summed E-state index contributed by atoms with van der Waals surface area (Å²) < 4.78 is 0. The fraction of sp³-hybridized carbons (Fsp3) is 0.700. The van der Waals surface area contributed by atoms with Crippen LogP contribution in [0.5, 0.6) is 0 Å². The Balaban J connectivity index is 2.43. The molecule has 1 aliphatic rings. The minimum Gasteiger partial charge on any atom is -0.352 e. The molecule has 3 unspecified atom stereocenters. The van der Waals surface area contributed by atoms with Gasteiger partial charge in [-0.1, -0.05) is 5.92 Å². The van der Waals surface area contributed by atoms with Crippen molar-refractivity contribution in [3.63, 3.8) is 0 Å². The predicted octanol–water partition coefficient (Wildman–Crippen LogP) is 0.265. The van der Waals surface area contributed by atoms with Gasteiger partial charge in [0.15, 0.2) is 0 Å². The lowest BCUT2D eigenvalue weighted by atomic mass is 9.98. The van der Waals surface area contributed by atoms with Crippen LogP contribution in [0.4, 0.5) is 0 Å². The van der Waals surface area contributed by atoms with E-state index in [1.54, 1.807) is 0 Å². The maximum Gasteiger partial charge on any atom is 0.220 e. The molecule has 0 saturated carbocycles. The zero-order valence-electron chi connectivity index (χ0n) is 8.13. The number of terminal acetylenes is 1. The monoisotopic (exact) mass is 180 g/mol. The maximum absolute atomic E-state index is 11.0. The van der Waals surface area contributed by atoms with Gasteiger partial charge in [0.25, 0.3) is 0 Å². The summed E-state index contributed by atoms with van der Waals surface area (Å²) in [6.45, 7) is 3.95. The molecule has 0 aromatic heterocycles. The molecule has 0 aromatic rings. The quantitative estimate of drug-likeness (QED) is 0.599. The van der Waals surface area contributed by atoms with Crippen LogP contribution < -0.4 is 10.6 Å². The number of hydrogen-bond donors (Lipinski definition) is 2. The predicted molar refractivity (Wildman–Crippen MR) is 52.1 cm³/mol. The molecule has 1 aliphatic heterocycles. The molecule has 1 rings (SSSR count). The summed E-state index contributed by atoms with van der Waals surface area (Å²) in [6.07, 6.45) is 6.73. The Morgan fingerprint density at radius 3 is 3.00 bits per heavy atom. The van der Waals surface area contributed by atoms with Crippen LogP contribution >= 0.6 is 0 Å². The number of amides is 1. The van der Waals surface area contributed by atoms with Gasteiger partial charge in [-0.25, -0.2) is 0 Å². The van der Waals surface area contributed by atoms with E-state index in [0.717, 1.165) is 6.42 Å². The van der Waals surface area contributed by atoms with Gasteiger partial charge in [-0.2, -0.15) is 0 Å². The van der Waals surface area contributed by atoms with Crippen LogP contribution in [-0.2, 0) is 4.79 Å². The number of nitrogens with one attached hydrogen (secondary N) is 2. The highest BCUT2D eigenvalue weighted by atomic mass is 16.1. The van der Waals surface area contributed by atoms with Crippen LogP contribution in [0.1, 0.15) is 26.7 Å². The first-order chi connectivity index (χ1) is 6.13. The van der Waals surface area contributed by atoms with Crippen LogP contribution in [0.3, 0.4) is 0 Å². The number of carbonyl (C=O) groups excluding carboxylic acids is 1. The molecule has 2 N–H and O–H groups in total. The van der Waals surface area contributed by atoms with Crippen molar-refractivity contribution in [3.05, 3.63) is 0 Å². The van der Waals surface area contributed by atoms with Crippen LogP contribution in [0.2, 0.25) is 0 Å². The molecule has 1 heterocycles. The van der Waals surface area contributed by atoms with Crippen molar-refractivity contribution in [2.24, 2.45) is 0 Å². The molecule has 1 saturated heterocycles. The molecule has 0 aliphatic carbocycles. The van der Waals surface area contributed by atoms with E-state index in [4.69, 9.17) is 6.42 Å². The van der Waals surface area contributed by atoms with Crippen molar-refractivity contribution in [1.29, 1.82) is 0 Å². The summed E-state index contributed by atoms with van der Waals surface area (Å²) in [5.74, 6) is 2.76. The minimum atomic E-state index is 0.0717. The standard InChI is InChI=1S/C10H16N2O/c1-4-7(2)11-9-5-6-10(13)12-8(9)3/h1,7-9,11H,5-6H2,2-3H3,(H,12,13). The second kappa shape index (κ2) is 4.29. The summed E-state index contributed by atoms with van der Waals surface area (Å²) in [7, 11) is 0. The first-order valence-corrected chi connectivity index (χ1v) is 4.65. The van der Waals surface area contributed by atoms with Gasteiger partial charge in [-0.05, 0) is 20.3 Å². The molecule has 3 nitrogen and oxygen atoms in total. The van der Waals surface area contributed by atoms with E-state index in [2.05, 4.69) is 16.6 Å². The topological polar surface area (TPSA) is 41.1 Å². The van der Waals surface area contributed by atoms with Crippen molar-refractivity contribution in [3.8, 4) is 12.3 Å². The number of carbonyl (C=O) groups is 1. The Morgan fingerprint density at radius 1 is 1.77 bits per heavy atom. The minimum absolute atomic E-state index is 0.0717. The zero-order chi connectivity index (χ0) is 9.84. The normalized spacial score (nSPS) is 30.4. The van der Waals surface area contributed by atoms with E-state index in [-0.39, 0.29) is 18.0 Å². The Bertz CT molecular complexity index is 232. The Hall–Kier alpha value is -1.01. The van der Waals surface area contributed by atoms with E-state index >= 15 is 0 Å². The van der Waals surface area contributed by atoms with Gasteiger partial charge >= 0.3 is 0 Å². The lowest BCUT2D eigenvalue weighted by Gasteiger charge is -2.31. The maximum atomic E-state index is 11.0. The van der Waals surface area contributed by atoms with Gasteiger partial charge in [0.05, 0.1) is 6.04 Å². The first-order valence-electron chi connectivity index (χ1n) is 4.65. The Morgan fingerprint density at radius 2 is 2.46 bits per heavy atom. The number of piperidine rings is 1. The van der Waals surface area contributed by atoms with Gasteiger partial charge in [0.1, 0.15) is 0 Å². The third kappa shape index (κ3) is 2.74. The Labute approximate surface area is 79.3 Å². The van der Waals surface area contributed by atoms with Crippen LogP contribution in [0, 0.1) is 12.3 Å². The fourth-order valence-electron chi connectivity index (χ4n) is 1.56. The highest BCUT2D eigenvalue weighted by molar-refractivity contribution is 5.77. The van der Waals surface area contributed by atoms with E-state index in [0.29, 0.717) is 12.5 Å². The second-order valence-corrected chi connectivity index (χ2v) is 3.56. The van der Waals surface area contributed by atoms with Crippen LogP contribution in [0.25, 0.3) is 0 Å². The van der Waals surface area contributed by atoms with Crippen molar-refractivity contribution in [1.82, 2.24) is 10.6 Å². The SMILES string of the molecule is C#CC(C)NC1CCC(=O)NC1C. The number of hydrogen-bond acceptors (Lipinski definition) is 2. The molecule has 3 heteroatoms. The highest BCUT2D eigenvalue weighted by Gasteiger charge is 2.25. The first kappa shape index (κ1) is 10.1. The molecule has 0 spiro atoms. The molecular weight excluding hydrogens is 164 g/mol. The van der Waals surface area contributed by atoms with Crippen LogP contribution in [-0.4, -0.2) is 24.0 Å². The van der Waals surface area contributed by atoms with Gasteiger partial charge in [-0.3, -0.25) is 10.1 Å². The number of rotatable bonds is 2. The van der Waals surface area contributed by atoms with E-state index in [1.165, 1.54) is 0 Å². The Kier molecular flexibility index (Phi) is 3.32. The lowest BCUT2D eigenvalue weighted by Crippen LogP contribution is -2.54. The van der Waals surface area contributed by atoms with Gasteiger partial charge in [0, 0.05) is 18.5 Å². The van der Waals surface area contributed by atoms with Gasteiger partial charge < -0.3 is 5.32 Å². The summed E-state index contributed by atoms with van der Waals surface area (Å²) in [4.78, 5) is 11.0. The third-order valence-corrected chi connectivity index (χ3v) is 2.39. The highest BCUT2D eigenvalue weighted by Crippen LogP contribution is 2.09. The fourth-order valence-corrected chi connectivity index (χ4v) is 1.56. The molecule has 1 amide bonds. The van der Waals surface area contributed by atoms with Gasteiger partial charge in [-0.15, -0.1) is 6.42 Å². The summed E-state index contributed by atoms with van der Waals surface area (Å²) in [6, 6.07) is 0.559. The van der Waals surface area contributed by atoms with Crippen molar-refractivity contribution >= 4 is 5.91 Å². The summed E-state index contributed by atoms with van der Waals surface area (Å²) >= 11 is 0. The molecule has 0 aromatic carbocycles. The van der Waals surface area contributed by atoms with Crippen LogP contribution in [0.15, 0.2) is 0 Å². The van der Waals surface area contributed by atoms with Crippen molar-refractivity contribution in [2.45, 2.75) is 44.8 Å². The summed E-state index contributed by atoms with van der Waals surface area (Å²) in [5, 5.41) is 6.18. The third-order valence-electron chi connectivity index (χ3n) is 2.39. The molecule has 13 heavy (non-hydrogen) atoms. The average molecular weight is 180 g/mol. The molecular formula is C10H16N2O. The molecule has 3 atom stereocenters. The van der Waals surface area contributed by atoms with Crippen molar-refractivity contribution < 1.29 is 4.79 Å². The molecule has 0 radical (unpaired) electrons. The molecule has 72 valence electrons. The van der Waals surface area contributed by atoms with Gasteiger partial charge in [0.2, 0.25) is 5.91 Å². The second-order valence-electron chi connectivity index (χ2n) is 3.56. The van der Waals surface area contributed by atoms with E-state index in [9.17, 15) is 4.79 Å².